The van der Waals surface area contributed by atoms with Crippen LogP contribution in [0.25, 0.3) is 0 Å². The molecule has 0 unspecified atom stereocenters. The Hall–Kier alpha value is -1.32. The van der Waals surface area contributed by atoms with E-state index < -0.39 is 0 Å². The van der Waals surface area contributed by atoms with Gasteiger partial charge >= 0.3 is 0 Å². The number of rotatable bonds is 5. The minimum absolute atomic E-state index is 0.608. The fraction of sp³-hybridized carbons (Fsp3) is 0.714. The van der Waals surface area contributed by atoms with Crippen molar-refractivity contribution in [1.29, 1.82) is 0 Å². The highest BCUT2D eigenvalue weighted by Crippen LogP contribution is 2.39. The van der Waals surface area contributed by atoms with E-state index in [2.05, 4.69) is 35.2 Å². The Balaban J connectivity index is 1.86. The van der Waals surface area contributed by atoms with Crippen molar-refractivity contribution in [3.63, 3.8) is 0 Å². The van der Waals surface area contributed by atoms with Gasteiger partial charge in [0.15, 0.2) is 0 Å². The second kappa shape index (κ2) is 4.75. The molecule has 0 aliphatic heterocycles. The molecule has 1 aromatic rings. The van der Waals surface area contributed by atoms with Gasteiger partial charge < -0.3 is 10.2 Å². The molecule has 4 heteroatoms. The molecule has 1 N–H and O–H groups in total. The van der Waals surface area contributed by atoms with Gasteiger partial charge in [-0.15, -0.1) is 0 Å². The average molecular weight is 246 g/mol. The topological polar surface area (TPSA) is 41.0 Å². The van der Waals surface area contributed by atoms with Crippen molar-refractivity contribution in [2.75, 3.05) is 23.8 Å². The molecule has 1 aromatic heterocycles. The van der Waals surface area contributed by atoms with E-state index in [-0.39, 0.29) is 0 Å². The van der Waals surface area contributed by atoms with Crippen LogP contribution in [0, 0.1) is 0 Å². The molecule has 0 amide bonds. The van der Waals surface area contributed by atoms with Crippen molar-refractivity contribution in [2.45, 2.75) is 51.0 Å². The number of aromatic nitrogens is 2. The van der Waals surface area contributed by atoms with Crippen LogP contribution < -0.4 is 10.2 Å². The molecule has 0 spiro atoms. The molecule has 3 rings (SSSR count). The highest BCUT2D eigenvalue weighted by molar-refractivity contribution is 5.50. The van der Waals surface area contributed by atoms with Gasteiger partial charge in [-0.1, -0.05) is 0 Å². The average Bonchev–Trinajstić information content (AvgIpc) is 3.10. The zero-order chi connectivity index (χ0) is 12.5. The van der Waals surface area contributed by atoms with Crippen LogP contribution in [0.1, 0.15) is 50.8 Å². The number of anilines is 2. The first-order chi connectivity index (χ1) is 8.78. The van der Waals surface area contributed by atoms with Crippen LogP contribution in [0.4, 0.5) is 11.6 Å². The molecule has 2 saturated carbocycles. The third-order valence-electron chi connectivity index (χ3n) is 4.01. The number of nitrogens with zero attached hydrogens (tertiary/aromatic N) is 3. The van der Waals surface area contributed by atoms with Crippen molar-refractivity contribution in [1.82, 2.24) is 9.97 Å². The summed E-state index contributed by atoms with van der Waals surface area (Å²) in [5, 5.41) is 3.32. The Morgan fingerprint density at radius 3 is 2.61 bits per heavy atom. The third kappa shape index (κ3) is 2.28. The summed E-state index contributed by atoms with van der Waals surface area (Å²) in [6.45, 7) is 3.02. The summed E-state index contributed by atoms with van der Waals surface area (Å²) in [4.78, 5) is 11.7. The zero-order valence-electron chi connectivity index (χ0n) is 11.3. The van der Waals surface area contributed by atoms with Gasteiger partial charge in [0.25, 0.3) is 0 Å². The van der Waals surface area contributed by atoms with Gasteiger partial charge in [-0.3, -0.25) is 0 Å². The highest BCUT2D eigenvalue weighted by Gasteiger charge is 2.29. The number of hydrogen-bond donors (Lipinski definition) is 1. The molecule has 0 aromatic carbocycles. The van der Waals surface area contributed by atoms with E-state index in [0.717, 1.165) is 24.0 Å². The normalized spacial score (nSPS) is 19.4. The van der Waals surface area contributed by atoms with E-state index in [1.54, 1.807) is 0 Å². The molecule has 0 atom stereocenters. The Morgan fingerprint density at radius 1 is 1.28 bits per heavy atom. The molecule has 2 aliphatic carbocycles. The van der Waals surface area contributed by atoms with Crippen molar-refractivity contribution >= 4 is 11.6 Å². The van der Waals surface area contributed by atoms with Crippen LogP contribution in [0.15, 0.2) is 6.07 Å². The second-order valence-electron chi connectivity index (χ2n) is 5.47. The highest BCUT2D eigenvalue weighted by atomic mass is 15.2. The minimum Gasteiger partial charge on any atom is -0.370 e. The smallest absolute Gasteiger partial charge is 0.136 e. The van der Waals surface area contributed by atoms with E-state index in [1.807, 2.05) is 0 Å². The molecule has 0 radical (unpaired) electrons. The molecule has 18 heavy (non-hydrogen) atoms. The molecular weight excluding hydrogens is 224 g/mol. The summed E-state index contributed by atoms with van der Waals surface area (Å²) in [6.07, 6.45) is 6.46. The fourth-order valence-corrected chi connectivity index (χ4v) is 2.39. The zero-order valence-corrected chi connectivity index (χ0v) is 11.3. The van der Waals surface area contributed by atoms with Gasteiger partial charge in [0.2, 0.25) is 0 Å². The van der Waals surface area contributed by atoms with Gasteiger partial charge in [0.1, 0.15) is 17.5 Å². The van der Waals surface area contributed by atoms with Crippen LogP contribution in [-0.4, -0.2) is 29.6 Å². The Bertz CT molecular complexity index is 424. The lowest BCUT2D eigenvalue weighted by molar-refractivity contribution is 0.399. The van der Waals surface area contributed by atoms with E-state index in [1.165, 1.54) is 32.1 Å². The Kier molecular flexibility index (Phi) is 3.10. The van der Waals surface area contributed by atoms with Gasteiger partial charge in [-0.05, 0) is 39.0 Å². The van der Waals surface area contributed by atoms with Gasteiger partial charge in [-0.25, -0.2) is 9.97 Å². The van der Waals surface area contributed by atoms with Crippen LogP contribution >= 0.6 is 0 Å². The molecule has 2 aliphatic rings. The monoisotopic (exact) mass is 246 g/mol. The maximum absolute atomic E-state index is 4.76. The summed E-state index contributed by atoms with van der Waals surface area (Å²) < 4.78 is 0. The lowest BCUT2D eigenvalue weighted by Gasteiger charge is -2.35. The second-order valence-corrected chi connectivity index (χ2v) is 5.47. The van der Waals surface area contributed by atoms with Gasteiger partial charge in [0, 0.05) is 31.6 Å². The predicted octanol–water partition coefficient (Wildman–Crippen LogP) is 2.77. The van der Waals surface area contributed by atoms with Crippen LogP contribution in [-0.2, 0) is 0 Å². The fourth-order valence-electron chi connectivity index (χ4n) is 2.39. The molecule has 4 nitrogen and oxygen atoms in total. The lowest BCUT2D eigenvalue weighted by Crippen LogP contribution is -2.37. The number of hydrogen-bond acceptors (Lipinski definition) is 4. The number of nitrogens with one attached hydrogen (secondary N) is 1. The molecule has 1 heterocycles. The van der Waals surface area contributed by atoms with Gasteiger partial charge in [-0.2, -0.15) is 0 Å². The predicted molar refractivity (Wildman–Crippen MR) is 74.2 cm³/mol. The van der Waals surface area contributed by atoms with Crippen LogP contribution in [0.2, 0.25) is 0 Å². The first-order valence-corrected chi connectivity index (χ1v) is 7.13. The quantitative estimate of drug-likeness (QED) is 0.867. The summed E-state index contributed by atoms with van der Waals surface area (Å²) >= 11 is 0. The summed E-state index contributed by atoms with van der Waals surface area (Å²) in [5.41, 5.74) is 0. The van der Waals surface area contributed by atoms with Gasteiger partial charge in [0.05, 0.1) is 0 Å². The maximum Gasteiger partial charge on any atom is 0.136 e. The summed E-state index contributed by atoms with van der Waals surface area (Å²) in [5.74, 6) is 3.72. The standard InChI is InChI=1S/C14H22N4/c1-3-15-12-9-13(18(2)11-5-4-6-11)17-14(16-12)10-7-8-10/h9-11H,3-8H2,1-2H3,(H,15,16,17). The lowest BCUT2D eigenvalue weighted by atomic mass is 9.92. The molecule has 0 bridgehead atoms. The van der Waals surface area contributed by atoms with Crippen LogP contribution in [0.3, 0.4) is 0 Å². The maximum atomic E-state index is 4.76. The Labute approximate surface area is 109 Å². The van der Waals surface area contributed by atoms with Crippen molar-refractivity contribution in [2.24, 2.45) is 0 Å². The first kappa shape index (κ1) is 11.8. The van der Waals surface area contributed by atoms with Crippen LogP contribution in [0.5, 0.6) is 0 Å². The van der Waals surface area contributed by atoms with Crippen molar-refractivity contribution in [3.05, 3.63) is 11.9 Å². The Morgan fingerprint density at radius 2 is 2.06 bits per heavy atom. The van der Waals surface area contributed by atoms with Crippen molar-refractivity contribution in [3.8, 4) is 0 Å². The first-order valence-electron chi connectivity index (χ1n) is 7.13. The SMILES string of the molecule is CCNc1cc(N(C)C2CCC2)nc(C2CC2)n1. The van der Waals surface area contributed by atoms with Crippen molar-refractivity contribution < 1.29 is 0 Å². The van der Waals surface area contributed by atoms with E-state index in [0.29, 0.717) is 12.0 Å². The molecule has 2 fully saturated rings. The minimum atomic E-state index is 0.608. The van der Waals surface area contributed by atoms with E-state index in [9.17, 15) is 0 Å². The largest absolute Gasteiger partial charge is 0.370 e. The molecule has 98 valence electrons. The summed E-state index contributed by atoms with van der Waals surface area (Å²) in [6, 6.07) is 2.77. The third-order valence-corrected chi connectivity index (χ3v) is 4.01. The molecular formula is C14H22N4. The van der Waals surface area contributed by atoms with E-state index >= 15 is 0 Å². The molecule has 0 saturated heterocycles. The summed E-state index contributed by atoms with van der Waals surface area (Å²) in [7, 11) is 2.17. The van der Waals surface area contributed by atoms with E-state index in [4.69, 9.17) is 4.98 Å².